The molecule has 8 nitrogen and oxygen atoms in total. The van der Waals surface area contributed by atoms with Crippen molar-refractivity contribution in [3.63, 3.8) is 0 Å². The van der Waals surface area contributed by atoms with Gasteiger partial charge in [0.25, 0.3) is 5.56 Å². The topological polar surface area (TPSA) is 79.7 Å². The number of piperazine rings is 1. The van der Waals surface area contributed by atoms with Crippen LogP contribution in [-0.2, 0) is 16.1 Å². The van der Waals surface area contributed by atoms with Gasteiger partial charge in [-0.05, 0) is 56.1 Å². The highest BCUT2D eigenvalue weighted by Crippen LogP contribution is 2.21. The van der Waals surface area contributed by atoms with Crippen molar-refractivity contribution in [3.8, 4) is 0 Å². The van der Waals surface area contributed by atoms with E-state index in [2.05, 4.69) is 21.2 Å². The molecule has 2 aliphatic heterocycles. The second-order valence-electron chi connectivity index (χ2n) is 9.76. The molecular formula is C28H34ClN5O3S. The molecule has 38 heavy (non-hydrogen) atoms. The molecule has 10 heteroatoms. The summed E-state index contributed by atoms with van der Waals surface area (Å²) in [4.78, 5) is 35.4. The van der Waals surface area contributed by atoms with Gasteiger partial charge in [-0.1, -0.05) is 41.6 Å². The molecule has 2 saturated heterocycles. The third-order valence-electron chi connectivity index (χ3n) is 7.11. The maximum Gasteiger partial charge on any atom is 0.262 e. The third kappa shape index (κ3) is 6.88. The van der Waals surface area contributed by atoms with Crippen LogP contribution in [0.1, 0.15) is 19.3 Å². The van der Waals surface area contributed by atoms with E-state index in [1.54, 1.807) is 4.57 Å². The number of halogens is 1. The Morgan fingerprint density at radius 2 is 1.95 bits per heavy atom. The van der Waals surface area contributed by atoms with Crippen LogP contribution in [0.5, 0.6) is 0 Å². The number of carbonyl (C=O) groups excluding carboxylic acids is 1. The zero-order valence-electron chi connectivity index (χ0n) is 21.5. The van der Waals surface area contributed by atoms with Crippen molar-refractivity contribution >= 4 is 45.9 Å². The number of amides is 1. The van der Waals surface area contributed by atoms with E-state index in [9.17, 15) is 9.59 Å². The molecule has 1 atom stereocenters. The number of para-hydroxylation sites is 1. The van der Waals surface area contributed by atoms with Crippen molar-refractivity contribution in [1.29, 1.82) is 0 Å². The number of anilines is 1. The van der Waals surface area contributed by atoms with E-state index >= 15 is 0 Å². The normalized spacial score (nSPS) is 18.2. The molecule has 2 fully saturated rings. The van der Waals surface area contributed by atoms with E-state index in [-0.39, 0.29) is 23.3 Å². The lowest BCUT2D eigenvalue weighted by Gasteiger charge is -2.36. The lowest BCUT2D eigenvalue weighted by molar-refractivity contribution is -0.119. The highest BCUT2D eigenvalue weighted by atomic mass is 35.5. The van der Waals surface area contributed by atoms with Gasteiger partial charge >= 0.3 is 0 Å². The minimum absolute atomic E-state index is 0.0522. The second kappa shape index (κ2) is 13.0. The van der Waals surface area contributed by atoms with Crippen LogP contribution in [0.4, 0.5) is 5.69 Å². The Bertz CT molecular complexity index is 1310. The van der Waals surface area contributed by atoms with Crippen molar-refractivity contribution in [1.82, 2.24) is 19.8 Å². The summed E-state index contributed by atoms with van der Waals surface area (Å²) in [6.07, 6.45) is 2.96. The highest BCUT2D eigenvalue weighted by molar-refractivity contribution is 7.99. The largest absolute Gasteiger partial charge is 0.376 e. The van der Waals surface area contributed by atoms with E-state index in [1.165, 1.54) is 11.8 Å². The summed E-state index contributed by atoms with van der Waals surface area (Å²) in [5, 5.41) is 4.91. The van der Waals surface area contributed by atoms with Crippen molar-refractivity contribution in [3.05, 3.63) is 63.9 Å². The number of hydrogen-bond acceptors (Lipinski definition) is 7. The maximum atomic E-state index is 13.4. The molecule has 0 unspecified atom stereocenters. The summed E-state index contributed by atoms with van der Waals surface area (Å²) < 4.78 is 7.32. The number of thioether (sulfide) groups is 1. The Hall–Kier alpha value is -2.59. The number of rotatable bonds is 10. The molecule has 0 aliphatic carbocycles. The monoisotopic (exact) mass is 555 g/mol. The lowest BCUT2D eigenvalue weighted by Crippen LogP contribution is -2.46. The molecule has 202 valence electrons. The van der Waals surface area contributed by atoms with Crippen LogP contribution in [0, 0.1) is 0 Å². The van der Waals surface area contributed by atoms with Crippen LogP contribution in [0.25, 0.3) is 10.9 Å². The zero-order chi connectivity index (χ0) is 26.3. The molecule has 1 N–H and O–H groups in total. The van der Waals surface area contributed by atoms with Gasteiger partial charge < -0.3 is 15.0 Å². The molecule has 2 aromatic carbocycles. The van der Waals surface area contributed by atoms with Crippen LogP contribution in [0.3, 0.4) is 0 Å². The van der Waals surface area contributed by atoms with Crippen molar-refractivity contribution < 1.29 is 9.53 Å². The van der Waals surface area contributed by atoms with Gasteiger partial charge in [-0.2, -0.15) is 0 Å². The molecule has 1 amide bonds. The smallest absolute Gasteiger partial charge is 0.262 e. The van der Waals surface area contributed by atoms with Gasteiger partial charge in [-0.25, -0.2) is 4.98 Å². The predicted octanol–water partition coefficient (Wildman–Crippen LogP) is 3.65. The van der Waals surface area contributed by atoms with Gasteiger partial charge in [-0.15, -0.1) is 0 Å². The molecule has 1 aromatic heterocycles. The van der Waals surface area contributed by atoms with Crippen LogP contribution in [0.2, 0.25) is 5.02 Å². The van der Waals surface area contributed by atoms with Gasteiger partial charge in [0, 0.05) is 56.6 Å². The van der Waals surface area contributed by atoms with E-state index in [4.69, 9.17) is 21.3 Å². The van der Waals surface area contributed by atoms with Crippen LogP contribution in [0.15, 0.2) is 58.5 Å². The van der Waals surface area contributed by atoms with Crippen molar-refractivity contribution in [2.45, 2.75) is 37.1 Å². The van der Waals surface area contributed by atoms with Gasteiger partial charge in [0.2, 0.25) is 5.91 Å². The molecule has 3 aromatic rings. The first-order valence-corrected chi connectivity index (χ1v) is 14.7. The molecule has 0 radical (unpaired) electrons. The number of nitrogens with one attached hydrogen (secondary N) is 1. The fourth-order valence-electron chi connectivity index (χ4n) is 5.02. The fourth-order valence-corrected chi connectivity index (χ4v) is 6.06. The number of aromatic nitrogens is 2. The van der Waals surface area contributed by atoms with E-state index < -0.39 is 0 Å². The summed E-state index contributed by atoms with van der Waals surface area (Å²) in [5.41, 5.74) is 1.77. The average Bonchev–Trinajstić information content (AvgIpc) is 3.46. The Balaban J connectivity index is 1.18. The lowest BCUT2D eigenvalue weighted by atomic mass is 10.2. The minimum atomic E-state index is -0.0722. The van der Waals surface area contributed by atoms with Crippen molar-refractivity contribution in [2.24, 2.45) is 0 Å². The van der Waals surface area contributed by atoms with E-state index in [0.29, 0.717) is 29.1 Å². The number of hydrogen-bond donors (Lipinski definition) is 1. The van der Waals surface area contributed by atoms with Gasteiger partial charge in [0.1, 0.15) is 0 Å². The molecular weight excluding hydrogens is 522 g/mol. The number of ether oxygens (including phenoxy) is 1. The quantitative estimate of drug-likeness (QED) is 0.302. The van der Waals surface area contributed by atoms with Gasteiger partial charge in [-0.3, -0.25) is 19.1 Å². The third-order valence-corrected chi connectivity index (χ3v) is 8.32. The van der Waals surface area contributed by atoms with E-state index in [0.717, 1.165) is 69.3 Å². The van der Waals surface area contributed by atoms with Crippen LogP contribution in [-0.4, -0.2) is 78.1 Å². The molecule has 5 rings (SSSR count). The van der Waals surface area contributed by atoms with Crippen LogP contribution >= 0.6 is 23.4 Å². The predicted molar refractivity (Wildman–Crippen MR) is 153 cm³/mol. The number of nitrogens with zero attached hydrogens (tertiary/aromatic N) is 4. The number of fused-ring (bicyclic) bond motifs is 1. The molecule has 0 spiro atoms. The summed E-state index contributed by atoms with van der Waals surface area (Å²) in [5.74, 6) is 0.139. The first-order chi connectivity index (χ1) is 18.6. The first kappa shape index (κ1) is 27.0. The minimum Gasteiger partial charge on any atom is -0.376 e. The summed E-state index contributed by atoms with van der Waals surface area (Å²) in [7, 11) is 0. The van der Waals surface area contributed by atoms with Crippen LogP contribution < -0.4 is 15.8 Å². The summed E-state index contributed by atoms with van der Waals surface area (Å²) in [6, 6.07) is 15.4. The molecule has 3 heterocycles. The van der Waals surface area contributed by atoms with Crippen molar-refractivity contribution in [2.75, 3.05) is 56.5 Å². The molecule has 0 saturated carbocycles. The van der Waals surface area contributed by atoms with E-state index in [1.807, 2.05) is 42.5 Å². The standard InChI is InChI=1S/C28H34ClN5O3S/c29-21-6-3-7-22(18-21)33-15-13-32(14-16-33)11-5-12-34-27(36)24-9-1-2-10-25(24)31-28(34)38-20-26(35)30-19-23-8-4-17-37-23/h1-3,6-7,9-10,18,23H,4-5,8,11-17,19-20H2,(H,30,35)/t23-/m1/s1. The first-order valence-electron chi connectivity index (χ1n) is 13.3. The molecule has 0 bridgehead atoms. The Morgan fingerprint density at radius 1 is 1.11 bits per heavy atom. The number of carbonyl (C=O) groups is 1. The number of benzene rings is 2. The Kier molecular flexibility index (Phi) is 9.22. The van der Waals surface area contributed by atoms with Gasteiger partial charge in [0.05, 0.1) is 22.8 Å². The maximum absolute atomic E-state index is 13.4. The molecule has 2 aliphatic rings. The Labute approximate surface area is 232 Å². The SMILES string of the molecule is O=C(CSc1nc2ccccc2c(=O)n1CCCN1CCN(c2cccc(Cl)c2)CC1)NC[C@H]1CCCO1. The second-order valence-corrected chi connectivity index (χ2v) is 11.1. The highest BCUT2D eigenvalue weighted by Gasteiger charge is 2.19. The fraction of sp³-hybridized carbons (Fsp3) is 0.464. The summed E-state index contributed by atoms with van der Waals surface area (Å²) >= 11 is 7.48. The Morgan fingerprint density at radius 3 is 2.74 bits per heavy atom. The van der Waals surface area contributed by atoms with Gasteiger partial charge in [0.15, 0.2) is 5.16 Å². The average molecular weight is 556 g/mol. The summed E-state index contributed by atoms with van der Waals surface area (Å²) in [6.45, 7) is 6.56. The zero-order valence-corrected chi connectivity index (χ0v) is 23.1.